The maximum Gasteiger partial charge on any atom is 0.164 e. The molecule has 0 N–H and O–H groups in total. The smallest absolute Gasteiger partial charge is 0.164 e. The van der Waals surface area contributed by atoms with Gasteiger partial charge < -0.3 is 13.4 Å². The van der Waals surface area contributed by atoms with E-state index in [4.69, 9.17) is 23.8 Å². The Morgan fingerprint density at radius 1 is 0.351 bits per heavy atom. The Kier molecular flexibility index (Phi) is 6.83. The van der Waals surface area contributed by atoms with Crippen LogP contribution in [0.1, 0.15) is 0 Å². The van der Waals surface area contributed by atoms with Gasteiger partial charge in [-0.15, -0.1) is 0 Å². The molecule has 0 unspecified atom stereocenters. The van der Waals surface area contributed by atoms with Crippen LogP contribution in [0.3, 0.4) is 0 Å². The van der Waals surface area contributed by atoms with Crippen LogP contribution in [0.4, 0.5) is 0 Å². The molecule has 0 bridgehead atoms. The summed E-state index contributed by atoms with van der Waals surface area (Å²) in [4.78, 5) is 15.1. The van der Waals surface area contributed by atoms with Crippen molar-refractivity contribution in [3.63, 3.8) is 0 Å². The van der Waals surface area contributed by atoms with Crippen molar-refractivity contribution in [1.82, 2.24) is 19.5 Å². The highest BCUT2D eigenvalue weighted by Gasteiger charge is 2.21. The van der Waals surface area contributed by atoms with Crippen LogP contribution in [-0.2, 0) is 0 Å². The molecule has 8 aromatic carbocycles. The molecule has 57 heavy (non-hydrogen) atoms. The number of rotatable bonds is 5. The summed E-state index contributed by atoms with van der Waals surface area (Å²) in [6.45, 7) is 0. The highest BCUT2D eigenvalue weighted by atomic mass is 16.3. The van der Waals surface area contributed by atoms with Crippen LogP contribution in [0.5, 0.6) is 0 Å². The number of nitrogens with zero attached hydrogens (tertiary/aromatic N) is 4. The molecule has 6 nitrogen and oxygen atoms in total. The van der Waals surface area contributed by atoms with Gasteiger partial charge in [-0.05, 0) is 48.5 Å². The van der Waals surface area contributed by atoms with Crippen molar-refractivity contribution in [3.8, 4) is 51.0 Å². The van der Waals surface area contributed by atoms with E-state index in [9.17, 15) is 0 Å². The van der Waals surface area contributed by atoms with Crippen molar-refractivity contribution < 1.29 is 8.83 Å². The number of furan rings is 2. The second-order valence-corrected chi connectivity index (χ2v) is 14.4. The van der Waals surface area contributed by atoms with Crippen LogP contribution >= 0.6 is 0 Å². The second kappa shape index (κ2) is 12.3. The highest BCUT2D eigenvalue weighted by Crippen LogP contribution is 2.43. The van der Waals surface area contributed by atoms with Gasteiger partial charge in [0.1, 0.15) is 22.3 Å². The average Bonchev–Trinajstić information content (AvgIpc) is 3.96. The Morgan fingerprint density at radius 2 is 0.895 bits per heavy atom. The third-order valence-electron chi connectivity index (χ3n) is 11.1. The minimum Gasteiger partial charge on any atom is -0.456 e. The van der Waals surface area contributed by atoms with Gasteiger partial charge >= 0.3 is 0 Å². The Labute approximate surface area is 325 Å². The van der Waals surface area contributed by atoms with E-state index in [0.29, 0.717) is 17.5 Å². The first-order chi connectivity index (χ1) is 28.2. The lowest BCUT2D eigenvalue weighted by atomic mass is 9.99. The first-order valence-electron chi connectivity index (χ1n) is 19.0. The summed E-state index contributed by atoms with van der Waals surface area (Å²) >= 11 is 0. The SMILES string of the molecule is c1ccc(-c2nc(-c3ccc4c(c3)oc3ccccc34)nc(-c3ccc4c(c3)oc3c(-c5cccc6c7ccccc7n(-c7ccccc7)c56)cccc34)n2)cc1. The minimum absolute atomic E-state index is 0.559. The van der Waals surface area contributed by atoms with Crippen LogP contribution in [0.2, 0.25) is 0 Å². The summed E-state index contributed by atoms with van der Waals surface area (Å²) in [5.74, 6) is 1.72. The molecule has 0 aliphatic rings. The molecule has 0 spiro atoms. The number of hydrogen-bond acceptors (Lipinski definition) is 5. The largest absolute Gasteiger partial charge is 0.456 e. The van der Waals surface area contributed by atoms with Crippen LogP contribution in [0.25, 0.3) is 117 Å². The monoisotopic (exact) mass is 730 g/mol. The number of hydrogen-bond donors (Lipinski definition) is 0. The van der Waals surface area contributed by atoms with E-state index in [1.807, 2.05) is 54.6 Å². The number of benzene rings is 8. The summed E-state index contributed by atoms with van der Waals surface area (Å²) < 4.78 is 15.5. The predicted molar refractivity (Wildman–Crippen MR) is 230 cm³/mol. The maximum atomic E-state index is 6.88. The number of aromatic nitrogens is 4. The summed E-state index contributed by atoms with van der Waals surface area (Å²) in [7, 11) is 0. The van der Waals surface area contributed by atoms with E-state index in [1.54, 1.807) is 0 Å². The molecule has 266 valence electrons. The molecular weight excluding hydrogens is 701 g/mol. The van der Waals surface area contributed by atoms with E-state index >= 15 is 0 Å². The predicted octanol–water partition coefficient (Wildman–Crippen LogP) is 13.4. The minimum atomic E-state index is 0.559. The van der Waals surface area contributed by atoms with Gasteiger partial charge in [-0.25, -0.2) is 15.0 Å². The molecule has 0 saturated carbocycles. The van der Waals surface area contributed by atoms with Gasteiger partial charge in [-0.1, -0.05) is 133 Å². The Hall–Kier alpha value is -7.83. The average molecular weight is 731 g/mol. The maximum absolute atomic E-state index is 6.88. The zero-order chi connectivity index (χ0) is 37.5. The lowest BCUT2D eigenvalue weighted by Gasteiger charge is -2.12. The molecule has 0 aliphatic carbocycles. The van der Waals surface area contributed by atoms with Crippen molar-refractivity contribution in [1.29, 1.82) is 0 Å². The second-order valence-electron chi connectivity index (χ2n) is 14.4. The van der Waals surface area contributed by atoms with Gasteiger partial charge in [0.15, 0.2) is 17.5 Å². The third kappa shape index (κ3) is 4.94. The first kappa shape index (κ1) is 31.5. The molecule has 12 aromatic rings. The van der Waals surface area contributed by atoms with Crippen molar-refractivity contribution in [3.05, 3.63) is 182 Å². The molecule has 0 fully saturated rings. The lowest BCUT2D eigenvalue weighted by molar-refractivity contribution is 0.669. The van der Waals surface area contributed by atoms with Crippen molar-refractivity contribution >= 4 is 65.7 Å². The zero-order valence-electron chi connectivity index (χ0n) is 30.4. The molecule has 0 saturated heterocycles. The van der Waals surface area contributed by atoms with Gasteiger partial charge in [0.05, 0.1) is 11.0 Å². The van der Waals surface area contributed by atoms with Gasteiger partial charge in [-0.2, -0.15) is 0 Å². The van der Waals surface area contributed by atoms with Gasteiger partial charge in [0, 0.05) is 65.8 Å². The lowest BCUT2D eigenvalue weighted by Crippen LogP contribution is -2.00. The standard InChI is InChI=1S/C51H30N4O2/c1-3-13-31(14-4-1)49-52-50(32-25-27-37-36-18-8-10-24-44(36)56-45(37)29-32)54-51(53-49)33-26-28-38-41-21-12-22-42(48(41)57-46(38)30-33)40-20-11-19-39-35-17-7-9-23-43(35)55(47(39)40)34-15-5-2-6-16-34/h1-30H. The van der Waals surface area contributed by atoms with E-state index < -0.39 is 0 Å². The number of para-hydroxylation sites is 5. The van der Waals surface area contributed by atoms with Crippen LogP contribution in [0, 0.1) is 0 Å². The summed E-state index contributed by atoms with van der Waals surface area (Å²) in [6.07, 6.45) is 0. The molecule has 0 aliphatic heterocycles. The van der Waals surface area contributed by atoms with E-state index in [1.165, 1.54) is 10.8 Å². The molecule has 0 radical (unpaired) electrons. The molecular formula is C51H30N4O2. The third-order valence-corrected chi connectivity index (χ3v) is 11.1. The van der Waals surface area contributed by atoms with E-state index in [2.05, 4.69) is 132 Å². The van der Waals surface area contributed by atoms with Crippen LogP contribution < -0.4 is 0 Å². The van der Waals surface area contributed by atoms with Gasteiger partial charge in [-0.3, -0.25) is 0 Å². The van der Waals surface area contributed by atoms with Gasteiger partial charge in [0.25, 0.3) is 0 Å². The molecule has 4 aromatic heterocycles. The Balaban J connectivity index is 1.03. The Bertz CT molecular complexity index is 3530. The topological polar surface area (TPSA) is 69.9 Å². The van der Waals surface area contributed by atoms with E-state index in [-0.39, 0.29) is 0 Å². The molecule has 0 amide bonds. The fourth-order valence-corrected chi connectivity index (χ4v) is 8.45. The Morgan fingerprint density at radius 3 is 1.65 bits per heavy atom. The zero-order valence-corrected chi connectivity index (χ0v) is 30.4. The highest BCUT2D eigenvalue weighted by molar-refractivity contribution is 6.17. The normalized spacial score (nSPS) is 11.9. The summed E-state index contributed by atoms with van der Waals surface area (Å²) in [5.41, 5.74) is 11.4. The number of fused-ring (bicyclic) bond motifs is 9. The quantitative estimate of drug-likeness (QED) is 0.176. The van der Waals surface area contributed by atoms with Crippen molar-refractivity contribution in [2.45, 2.75) is 0 Å². The van der Waals surface area contributed by atoms with Crippen molar-refractivity contribution in [2.24, 2.45) is 0 Å². The van der Waals surface area contributed by atoms with Crippen LogP contribution in [-0.4, -0.2) is 19.5 Å². The van der Waals surface area contributed by atoms with E-state index in [0.717, 1.165) is 88.4 Å². The van der Waals surface area contributed by atoms with Crippen molar-refractivity contribution in [2.75, 3.05) is 0 Å². The van der Waals surface area contributed by atoms with Crippen LogP contribution in [0.15, 0.2) is 191 Å². The molecule has 4 heterocycles. The molecule has 12 rings (SSSR count). The summed E-state index contributed by atoms with van der Waals surface area (Å²) in [6, 6.07) is 62.7. The fraction of sp³-hybridized carbons (Fsp3) is 0. The first-order valence-corrected chi connectivity index (χ1v) is 19.0. The fourth-order valence-electron chi connectivity index (χ4n) is 8.45. The molecule has 6 heteroatoms. The summed E-state index contributed by atoms with van der Waals surface area (Å²) in [5, 5.41) is 6.62. The van der Waals surface area contributed by atoms with Gasteiger partial charge in [0.2, 0.25) is 0 Å². The molecule has 0 atom stereocenters.